The largest absolute Gasteiger partial charge is 0.481 e. The van der Waals surface area contributed by atoms with Crippen LogP contribution in [0.3, 0.4) is 0 Å². The molecule has 0 aromatic heterocycles. The molecule has 2 unspecified atom stereocenters. The maximum atomic E-state index is 12.6. The number of hydrogen-bond acceptors (Lipinski definition) is 3. The summed E-state index contributed by atoms with van der Waals surface area (Å²) in [6.45, 7) is 7.25. The van der Waals surface area contributed by atoms with Gasteiger partial charge in [-0.3, -0.25) is 15.1 Å². The van der Waals surface area contributed by atoms with E-state index < -0.39 is 5.97 Å². The van der Waals surface area contributed by atoms with E-state index in [4.69, 9.17) is 10.1 Å². The molecule has 1 fully saturated rings. The molecule has 2 N–H and O–H groups in total. The summed E-state index contributed by atoms with van der Waals surface area (Å²) in [5, 5.41) is 11.7. The predicted molar refractivity (Wildman–Crippen MR) is 138 cm³/mol. The van der Waals surface area contributed by atoms with Crippen LogP contribution < -0.4 is 5.32 Å². The second-order valence-electron chi connectivity index (χ2n) is 9.39. The molecule has 190 valence electrons. The number of rotatable bonds is 20. The first-order chi connectivity index (χ1) is 16.0. The van der Waals surface area contributed by atoms with Crippen molar-refractivity contribution < 1.29 is 14.7 Å². The molecule has 0 saturated carbocycles. The van der Waals surface area contributed by atoms with Gasteiger partial charge in [-0.25, -0.2) is 4.79 Å². The zero-order chi connectivity index (χ0) is 24.3. The van der Waals surface area contributed by atoms with Crippen molar-refractivity contribution in [2.45, 2.75) is 136 Å². The first kappa shape index (κ1) is 29.2. The fraction of sp³-hybridized carbons (Fsp3) is 0.815. The molecule has 1 aliphatic rings. The Morgan fingerprint density at radius 1 is 1.00 bits per heavy atom. The molecule has 1 aliphatic heterocycles. The SMILES string of the molecule is CCCCC/C=C/CCC1C(=NCCCCCCCCCCC(=O)O)NC(=O)N1C(C)CC. The molecule has 1 saturated heterocycles. The van der Waals surface area contributed by atoms with Crippen molar-refractivity contribution in [3.63, 3.8) is 0 Å². The van der Waals surface area contributed by atoms with E-state index >= 15 is 0 Å². The van der Waals surface area contributed by atoms with E-state index in [-0.39, 0.29) is 18.1 Å². The number of nitrogens with zero attached hydrogens (tertiary/aromatic N) is 2. The number of aliphatic imine (C=N–C) groups is 1. The molecule has 2 amide bonds. The molecule has 0 radical (unpaired) electrons. The number of nitrogens with one attached hydrogen (secondary N) is 1. The van der Waals surface area contributed by atoms with Gasteiger partial charge < -0.3 is 10.0 Å². The van der Waals surface area contributed by atoms with Crippen molar-refractivity contribution in [2.75, 3.05) is 6.54 Å². The fourth-order valence-electron chi connectivity index (χ4n) is 4.31. The van der Waals surface area contributed by atoms with Crippen LogP contribution in [0, 0.1) is 0 Å². The molecule has 0 aromatic carbocycles. The van der Waals surface area contributed by atoms with Gasteiger partial charge in [-0.1, -0.05) is 77.4 Å². The van der Waals surface area contributed by atoms with Crippen LogP contribution in [0.4, 0.5) is 4.79 Å². The van der Waals surface area contributed by atoms with Gasteiger partial charge in [0.05, 0.1) is 6.04 Å². The van der Waals surface area contributed by atoms with Gasteiger partial charge in [-0.05, 0) is 51.9 Å². The van der Waals surface area contributed by atoms with Crippen LogP contribution in [-0.4, -0.2) is 46.5 Å². The molecular formula is C27H49N3O3. The highest BCUT2D eigenvalue weighted by Gasteiger charge is 2.38. The maximum Gasteiger partial charge on any atom is 0.323 e. The predicted octanol–water partition coefficient (Wildman–Crippen LogP) is 7.09. The van der Waals surface area contributed by atoms with Gasteiger partial charge in [-0.15, -0.1) is 0 Å². The summed E-state index contributed by atoms with van der Waals surface area (Å²) in [7, 11) is 0. The summed E-state index contributed by atoms with van der Waals surface area (Å²) in [6.07, 6.45) is 21.4. The van der Waals surface area contributed by atoms with Crippen molar-refractivity contribution >= 4 is 17.8 Å². The monoisotopic (exact) mass is 463 g/mol. The Hall–Kier alpha value is -1.85. The number of carbonyl (C=O) groups is 2. The van der Waals surface area contributed by atoms with Crippen LogP contribution in [0.2, 0.25) is 0 Å². The summed E-state index contributed by atoms with van der Waals surface area (Å²) in [5.74, 6) is 0.168. The summed E-state index contributed by atoms with van der Waals surface area (Å²) in [4.78, 5) is 29.9. The molecule has 0 aliphatic carbocycles. The maximum absolute atomic E-state index is 12.6. The number of carboxylic acid groups (broad SMARTS) is 1. The smallest absolute Gasteiger partial charge is 0.323 e. The second kappa shape index (κ2) is 18.6. The van der Waals surface area contributed by atoms with Crippen molar-refractivity contribution in [3.05, 3.63) is 12.2 Å². The van der Waals surface area contributed by atoms with Crippen LogP contribution in [0.1, 0.15) is 124 Å². The summed E-state index contributed by atoms with van der Waals surface area (Å²) in [6, 6.07) is 0.285. The van der Waals surface area contributed by atoms with Crippen molar-refractivity contribution in [3.8, 4) is 0 Å². The molecule has 0 aromatic rings. The van der Waals surface area contributed by atoms with Gasteiger partial charge in [0.25, 0.3) is 0 Å². The van der Waals surface area contributed by atoms with E-state index in [1.807, 2.05) is 4.90 Å². The molecule has 6 nitrogen and oxygen atoms in total. The fourth-order valence-corrected chi connectivity index (χ4v) is 4.31. The Labute approximate surface area is 202 Å². The van der Waals surface area contributed by atoms with E-state index in [1.54, 1.807) is 0 Å². The number of amidine groups is 1. The Kier molecular flexibility index (Phi) is 16.4. The van der Waals surface area contributed by atoms with Crippen LogP contribution in [0.5, 0.6) is 0 Å². The zero-order valence-corrected chi connectivity index (χ0v) is 21.5. The highest BCUT2D eigenvalue weighted by Crippen LogP contribution is 2.21. The molecular weight excluding hydrogens is 414 g/mol. The minimum absolute atomic E-state index is 0.00271. The van der Waals surface area contributed by atoms with Gasteiger partial charge in [0.2, 0.25) is 0 Å². The number of aliphatic carboxylic acids is 1. The number of allylic oxidation sites excluding steroid dienone is 2. The Bertz CT molecular complexity index is 603. The molecule has 0 bridgehead atoms. The van der Waals surface area contributed by atoms with Gasteiger partial charge >= 0.3 is 12.0 Å². The second-order valence-corrected chi connectivity index (χ2v) is 9.39. The third-order valence-corrected chi connectivity index (χ3v) is 6.52. The Morgan fingerprint density at radius 3 is 2.27 bits per heavy atom. The van der Waals surface area contributed by atoms with E-state index in [2.05, 4.69) is 38.2 Å². The quantitative estimate of drug-likeness (QED) is 0.149. The Balaban J connectivity index is 2.37. The molecule has 1 rings (SSSR count). The highest BCUT2D eigenvalue weighted by molar-refractivity contribution is 6.07. The van der Waals surface area contributed by atoms with Crippen LogP contribution in [-0.2, 0) is 4.79 Å². The highest BCUT2D eigenvalue weighted by atomic mass is 16.4. The lowest BCUT2D eigenvalue weighted by Crippen LogP contribution is -2.41. The first-order valence-electron chi connectivity index (χ1n) is 13.5. The number of urea groups is 1. The zero-order valence-electron chi connectivity index (χ0n) is 21.5. The van der Waals surface area contributed by atoms with E-state index in [9.17, 15) is 9.59 Å². The number of carboxylic acids is 1. The third kappa shape index (κ3) is 12.8. The third-order valence-electron chi connectivity index (χ3n) is 6.52. The number of amides is 2. The van der Waals surface area contributed by atoms with Crippen LogP contribution in [0.15, 0.2) is 17.1 Å². The Morgan fingerprint density at radius 2 is 1.64 bits per heavy atom. The molecule has 2 atom stereocenters. The molecule has 33 heavy (non-hydrogen) atoms. The summed E-state index contributed by atoms with van der Waals surface area (Å²) in [5.41, 5.74) is 0. The molecule has 0 spiro atoms. The minimum Gasteiger partial charge on any atom is -0.481 e. The molecule has 1 heterocycles. The van der Waals surface area contributed by atoms with Gasteiger partial charge in [-0.2, -0.15) is 0 Å². The van der Waals surface area contributed by atoms with E-state index in [1.165, 1.54) is 38.5 Å². The lowest BCUT2D eigenvalue weighted by atomic mass is 10.1. The van der Waals surface area contributed by atoms with Gasteiger partial charge in [0.1, 0.15) is 5.84 Å². The average Bonchev–Trinajstić information content (AvgIpc) is 3.10. The normalized spacial score (nSPS) is 18.4. The lowest BCUT2D eigenvalue weighted by Gasteiger charge is -2.28. The van der Waals surface area contributed by atoms with E-state index in [0.717, 1.165) is 70.2 Å². The summed E-state index contributed by atoms with van der Waals surface area (Å²) >= 11 is 0. The lowest BCUT2D eigenvalue weighted by molar-refractivity contribution is -0.137. The molecule has 6 heteroatoms. The topological polar surface area (TPSA) is 82.0 Å². The van der Waals surface area contributed by atoms with Crippen molar-refractivity contribution in [2.24, 2.45) is 4.99 Å². The van der Waals surface area contributed by atoms with Gasteiger partial charge in [0, 0.05) is 19.0 Å². The minimum atomic E-state index is -0.691. The first-order valence-corrected chi connectivity index (χ1v) is 13.5. The van der Waals surface area contributed by atoms with E-state index in [0.29, 0.717) is 6.42 Å². The number of unbranched alkanes of at least 4 members (excludes halogenated alkanes) is 10. The van der Waals surface area contributed by atoms with Crippen LogP contribution in [0.25, 0.3) is 0 Å². The van der Waals surface area contributed by atoms with Crippen molar-refractivity contribution in [1.82, 2.24) is 10.2 Å². The number of hydrogen-bond donors (Lipinski definition) is 2. The van der Waals surface area contributed by atoms with Crippen LogP contribution >= 0.6 is 0 Å². The van der Waals surface area contributed by atoms with Gasteiger partial charge in [0.15, 0.2) is 0 Å². The van der Waals surface area contributed by atoms with Crippen molar-refractivity contribution in [1.29, 1.82) is 0 Å². The summed E-state index contributed by atoms with van der Waals surface area (Å²) < 4.78 is 0. The standard InChI is InChI=1S/C27H49N3O3/c1-4-6-7-8-11-14-17-20-24-26(29-27(33)30(24)23(3)5-2)28-22-19-16-13-10-9-12-15-18-21-25(31)32/h11,14,23-24H,4-10,12-13,15-22H2,1-3H3,(H,31,32)(H,28,29,33)/b14-11+. The number of carbonyl (C=O) groups excluding carboxylic acids is 1. The average molecular weight is 464 g/mol.